The quantitative estimate of drug-likeness (QED) is 0.515. The molecule has 0 radical (unpaired) electrons. The topological polar surface area (TPSA) is 73.6 Å². The first kappa shape index (κ1) is 9.37. The summed E-state index contributed by atoms with van der Waals surface area (Å²) in [4.78, 5) is 24.4. The zero-order valence-corrected chi connectivity index (χ0v) is 7.35. The number of esters is 1. The van der Waals surface area contributed by atoms with E-state index in [0.717, 1.165) is 0 Å². The van der Waals surface area contributed by atoms with Crippen molar-refractivity contribution in [2.75, 3.05) is 0 Å². The third-order valence-corrected chi connectivity index (χ3v) is 1.54. The molecule has 0 aliphatic heterocycles. The number of aryl methyl sites for hydroxylation is 1. The third kappa shape index (κ3) is 2.11. The van der Waals surface area contributed by atoms with E-state index in [9.17, 15) is 9.70 Å². The van der Waals surface area contributed by atoms with Gasteiger partial charge in [0.1, 0.15) is 12.3 Å². The Morgan fingerprint density at radius 3 is 3.00 bits per heavy atom. The first-order valence-electron chi connectivity index (χ1n) is 3.62. The van der Waals surface area contributed by atoms with Crippen LogP contribution in [0.25, 0.3) is 0 Å². The molecule has 6 nitrogen and oxygen atoms in total. The Bertz CT molecular complexity index is 332. The van der Waals surface area contributed by atoms with Crippen molar-refractivity contribution in [3.05, 3.63) is 16.9 Å². The molecule has 0 saturated heterocycles. The summed E-state index contributed by atoms with van der Waals surface area (Å²) in [5, 5.41) is 2.70. The van der Waals surface area contributed by atoms with Crippen LogP contribution in [0.4, 0.5) is 5.82 Å². The van der Waals surface area contributed by atoms with Gasteiger partial charge < -0.3 is 9.30 Å². The van der Waals surface area contributed by atoms with E-state index in [4.69, 9.17) is 4.74 Å². The molecule has 0 aromatic carbocycles. The average molecular weight is 183 g/mol. The maximum absolute atomic E-state index is 10.5. The highest BCUT2D eigenvalue weighted by molar-refractivity contribution is 5.66. The smallest absolute Gasteiger partial charge is 0.303 e. The molecule has 0 amide bonds. The van der Waals surface area contributed by atoms with E-state index >= 15 is 0 Å². The summed E-state index contributed by atoms with van der Waals surface area (Å²) in [6, 6.07) is 0. The van der Waals surface area contributed by atoms with Gasteiger partial charge in [-0.2, -0.15) is 0 Å². The van der Waals surface area contributed by atoms with Gasteiger partial charge in [0.2, 0.25) is 5.82 Å². The monoisotopic (exact) mass is 183 g/mol. The van der Waals surface area contributed by atoms with Crippen LogP contribution in [0.5, 0.6) is 0 Å². The van der Waals surface area contributed by atoms with Crippen LogP contribution < -0.4 is 0 Å². The second-order valence-electron chi connectivity index (χ2n) is 2.50. The van der Waals surface area contributed by atoms with Crippen LogP contribution in [-0.2, 0) is 23.2 Å². The number of nitroso groups, excluding NO2 is 1. The van der Waals surface area contributed by atoms with Crippen molar-refractivity contribution in [1.82, 2.24) is 9.55 Å². The zero-order chi connectivity index (χ0) is 9.84. The van der Waals surface area contributed by atoms with Crippen molar-refractivity contribution >= 4 is 11.8 Å². The molecule has 1 rings (SSSR count). The molecule has 0 atom stereocenters. The van der Waals surface area contributed by atoms with Crippen molar-refractivity contribution in [2.45, 2.75) is 13.5 Å². The summed E-state index contributed by atoms with van der Waals surface area (Å²) in [6.07, 6.45) is 1.44. The number of hydrogen-bond acceptors (Lipinski definition) is 5. The normalized spacial score (nSPS) is 9.69. The number of carbonyl (C=O) groups excluding carboxylic acids is 1. The molecular formula is C7H9N3O3. The lowest BCUT2D eigenvalue weighted by Gasteiger charge is -2.02. The minimum atomic E-state index is -0.405. The molecule has 13 heavy (non-hydrogen) atoms. The van der Waals surface area contributed by atoms with Gasteiger partial charge in [0, 0.05) is 14.0 Å². The van der Waals surface area contributed by atoms with Crippen LogP contribution in [-0.4, -0.2) is 15.5 Å². The molecule has 0 N–H and O–H groups in total. The number of hydrogen-bond donors (Lipinski definition) is 0. The third-order valence-electron chi connectivity index (χ3n) is 1.54. The van der Waals surface area contributed by atoms with Crippen LogP contribution in [0.15, 0.2) is 11.5 Å². The molecule has 1 aromatic heterocycles. The van der Waals surface area contributed by atoms with Crippen molar-refractivity contribution in [2.24, 2.45) is 12.2 Å². The highest BCUT2D eigenvalue weighted by Crippen LogP contribution is 2.16. The molecule has 0 bridgehead atoms. The van der Waals surface area contributed by atoms with Gasteiger partial charge in [-0.3, -0.25) is 4.79 Å². The number of ether oxygens (including phenoxy) is 1. The van der Waals surface area contributed by atoms with E-state index < -0.39 is 5.97 Å². The fraction of sp³-hybridized carbons (Fsp3) is 0.429. The predicted molar refractivity (Wildman–Crippen MR) is 44.1 cm³/mol. The molecule has 1 heterocycles. The molecule has 0 unspecified atom stereocenters. The lowest BCUT2D eigenvalue weighted by atomic mass is 10.4. The van der Waals surface area contributed by atoms with Gasteiger partial charge in [-0.15, -0.1) is 4.91 Å². The Balaban J connectivity index is 2.79. The summed E-state index contributed by atoms with van der Waals surface area (Å²) >= 11 is 0. The maximum Gasteiger partial charge on any atom is 0.303 e. The van der Waals surface area contributed by atoms with Gasteiger partial charge in [0.05, 0.1) is 6.33 Å². The fourth-order valence-corrected chi connectivity index (χ4v) is 0.856. The SMILES string of the molecule is CC(=O)OCc1c(N=O)ncn1C. The van der Waals surface area contributed by atoms with Gasteiger partial charge in [-0.05, 0) is 5.18 Å². The molecule has 6 heteroatoms. The van der Waals surface area contributed by atoms with E-state index in [1.165, 1.54) is 13.3 Å². The molecule has 0 aliphatic rings. The average Bonchev–Trinajstić information content (AvgIpc) is 2.43. The van der Waals surface area contributed by atoms with Gasteiger partial charge in [-0.25, -0.2) is 4.98 Å². The van der Waals surface area contributed by atoms with E-state index in [1.54, 1.807) is 11.6 Å². The van der Waals surface area contributed by atoms with E-state index in [2.05, 4.69) is 10.2 Å². The van der Waals surface area contributed by atoms with Crippen LogP contribution in [0.2, 0.25) is 0 Å². The zero-order valence-electron chi connectivity index (χ0n) is 7.35. The highest BCUT2D eigenvalue weighted by atomic mass is 16.5. The molecule has 1 aromatic rings. The lowest BCUT2D eigenvalue weighted by molar-refractivity contribution is -0.142. The first-order chi connectivity index (χ1) is 6.15. The Hall–Kier alpha value is -1.72. The molecule has 0 saturated carbocycles. The highest BCUT2D eigenvalue weighted by Gasteiger charge is 2.10. The van der Waals surface area contributed by atoms with Crippen molar-refractivity contribution in [3.8, 4) is 0 Å². The van der Waals surface area contributed by atoms with Crippen LogP contribution in [0.1, 0.15) is 12.6 Å². The summed E-state index contributed by atoms with van der Waals surface area (Å²) in [5.74, 6) is -0.346. The maximum atomic E-state index is 10.5. The Kier molecular flexibility index (Phi) is 2.73. The summed E-state index contributed by atoms with van der Waals surface area (Å²) in [7, 11) is 1.69. The molecule has 70 valence electrons. The van der Waals surface area contributed by atoms with E-state index in [0.29, 0.717) is 5.69 Å². The van der Waals surface area contributed by atoms with Gasteiger partial charge in [-0.1, -0.05) is 0 Å². The van der Waals surface area contributed by atoms with Crippen molar-refractivity contribution in [1.29, 1.82) is 0 Å². The largest absolute Gasteiger partial charge is 0.459 e. The van der Waals surface area contributed by atoms with Crippen molar-refractivity contribution < 1.29 is 9.53 Å². The Morgan fingerprint density at radius 1 is 1.77 bits per heavy atom. The van der Waals surface area contributed by atoms with Gasteiger partial charge in [0.15, 0.2) is 0 Å². The minimum absolute atomic E-state index is 0.0207. The molecular weight excluding hydrogens is 174 g/mol. The summed E-state index contributed by atoms with van der Waals surface area (Å²) < 4.78 is 6.29. The van der Waals surface area contributed by atoms with Gasteiger partial charge in [0.25, 0.3) is 0 Å². The second-order valence-corrected chi connectivity index (χ2v) is 2.50. The molecule has 0 spiro atoms. The van der Waals surface area contributed by atoms with Crippen LogP contribution in [0, 0.1) is 4.91 Å². The summed E-state index contributed by atoms with van der Waals surface area (Å²) in [5.41, 5.74) is 0.491. The number of aromatic nitrogens is 2. The number of rotatable bonds is 3. The standard InChI is InChI=1S/C7H9N3O3/c1-5(11)13-3-6-7(9-12)8-4-10(6)2/h4H,3H2,1-2H3. The molecule has 0 fully saturated rings. The fourth-order valence-electron chi connectivity index (χ4n) is 0.856. The predicted octanol–water partition coefficient (Wildman–Crippen LogP) is 0.881. The Labute approximate surface area is 74.5 Å². The lowest BCUT2D eigenvalue weighted by Crippen LogP contribution is -2.02. The van der Waals surface area contributed by atoms with Crippen molar-refractivity contribution in [3.63, 3.8) is 0 Å². The van der Waals surface area contributed by atoms with E-state index in [-0.39, 0.29) is 12.4 Å². The van der Waals surface area contributed by atoms with Crippen LogP contribution in [0.3, 0.4) is 0 Å². The molecule has 0 aliphatic carbocycles. The minimum Gasteiger partial charge on any atom is -0.459 e. The number of nitrogens with zero attached hydrogens (tertiary/aromatic N) is 3. The van der Waals surface area contributed by atoms with Gasteiger partial charge >= 0.3 is 5.97 Å². The Morgan fingerprint density at radius 2 is 2.46 bits per heavy atom. The summed E-state index contributed by atoms with van der Waals surface area (Å²) in [6.45, 7) is 1.32. The number of imidazole rings is 1. The number of carbonyl (C=O) groups is 1. The first-order valence-corrected chi connectivity index (χ1v) is 3.62. The second kappa shape index (κ2) is 3.79. The van der Waals surface area contributed by atoms with E-state index in [1.807, 2.05) is 0 Å². The van der Waals surface area contributed by atoms with Crippen LogP contribution >= 0.6 is 0 Å².